The van der Waals surface area contributed by atoms with Gasteiger partial charge in [0.25, 0.3) is 11.5 Å². The minimum atomic E-state index is -0.324. The molecule has 0 saturated carbocycles. The summed E-state index contributed by atoms with van der Waals surface area (Å²) in [5.74, 6) is 0.369. The zero-order chi connectivity index (χ0) is 22.0. The van der Waals surface area contributed by atoms with Crippen LogP contribution in [0.3, 0.4) is 0 Å². The molecule has 2 heterocycles. The van der Waals surface area contributed by atoms with Crippen LogP contribution in [0, 0.1) is 13.8 Å². The van der Waals surface area contributed by atoms with Gasteiger partial charge in [-0.25, -0.2) is 4.98 Å². The average molecular weight is 455 g/mol. The van der Waals surface area contributed by atoms with E-state index >= 15 is 0 Å². The molecule has 31 heavy (non-hydrogen) atoms. The van der Waals surface area contributed by atoms with Crippen LogP contribution in [0.1, 0.15) is 16.8 Å². The molecule has 1 amide bonds. The fourth-order valence-electron chi connectivity index (χ4n) is 2.95. The standard InChI is InChI=1S/C22H19ClN4O3S/c1-13-6-5-9-18(14(13)2)30-12-19(28)24-11-15-10-20(29)27-22(25-15)31-21(26-27)16-7-3-4-8-17(16)23/h3-10H,11-12H2,1-2H3,(H,24,28). The third-order valence-electron chi connectivity index (χ3n) is 4.78. The van der Waals surface area contributed by atoms with Crippen molar-refractivity contribution < 1.29 is 9.53 Å². The fraction of sp³-hybridized carbons (Fsp3) is 0.182. The lowest BCUT2D eigenvalue weighted by Crippen LogP contribution is -2.29. The Bertz CT molecular complexity index is 1330. The van der Waals surface area contributed by atoms with E-state index in [4.69, 9.17) is 16.3 Å². The lowest BCUT2D eigenvalue weighted by Gasteiger charge is -2.10. The first kappa shape index (κ1) is 21.0. The summed E-state index contributed by atoms with van der Waals surface area (Å²) in [4.78, 5) is 29.5. The molecule has 7 nitrogen and oxygen atoms in total. The van der Waals surface area contributed by atoms with Gasteiger partial charge in [0.05, 0.1) is 17.3 Å². The van der Waals surface area contributed by atoms with Gasteiger partial charge < -0.3 is 10.1 Å². The van der Waals surface area contributed by atoms with Crippen LogP contribution in [0.15, 0.2) is 53.3 Å². The number of nitrogens with one attached hydrogen (secondary N) is 1. The minimum Gasteiger partial charge on any atom is -0.483 e. The second kappa shape index (κ2) is 8.87. The Morgan fingerprint density at radius 3 is 2.81 bits per heavy atom. The van der Waals surface area contributed by atoms with Crippen molar-refractivity contribution in [2.24, 2.45) is 0 Å². The van der Waals surface area contributed by atoms with Crippen LogP contribution in [-0.2, 0) is 11.3 Å². The summed E-state index contributed by atoms with van der Waals surface area (Å²) in [5, 5.41) is 8.20. The van der Waals surface area contributed by atoms with Crippen molar-refractivity contribution >= 4 is 33.8 Å². The summed E-state index contributed by atoms with van der Waals surface area (Å²) in [6.45, 7) is 3.92. The number of aryl methyl sites for hydroxylation is 1. The number of hydrogen-bond acceptors (Lipinski definition) is 6. The van der Waals surface area contributed by atoms with Gasteiger partial charge in [0, 0.05) is 11.6 Å². The molecule has 0 radical (unpaired) electrons. The number of fused-ring (bicyclic) bond motifs is 1. The molecule has 0 saturated heterocycles. The highest BCUT2D eigenvalue weighted by molar-refractivity contribution is 7.19. The van der Waals surface area contributed by atoms with E-state index in [0.29, 0.717) is 26.4 Å². The summed E-state index contributed by atoms with van der Waals surface area (Å²) in [6.07, 6.45) is 0. The number of hydrogen-bond donors (Lipinski definition) is 1. The van der Waals surface area contributed by atoms with E-state index in [1.807, 2.05) is 50.2 Å². The number of nitrogens with zero attached hydrogens (tertiary/aromatic N) is 3. The Labute approximate surface area is 187 Å². The van der Waals surface area contributed by atoms with Gasteiger partial charge in [-0.3, -0.25) is 9.59 Å². The molecule has 0 fully saturated rings. The zero-order valence-electron chi connectivity index (χ0n) is 16.9. The van der Waals surface area contributed by atoms with Gasteiger partial charge in [-0.2, -0.15) is 9.61 Å². The van der Waals surface area contributed by atoms with E-state index in [-0.39, 0.29) is 24.6 Å². The van der Waals surface area contributed by atoms with Gasteiger partial charge >= 0.3 is 0 Å². The van der Waals surface area contributed by atoms with E-state index in [1.165, 1.54) is 21.9 Å². The summed E-state index contributed by atoms with van der Waals surface area (Å²) < 4.78 is 6.84. The highest BCUT2D eigenvalue weighted by Crippen LogP contribution is 2.30. The highest BCUT2D eigenvalue weighted by Gasteiger charge is 2.13. The molecular formula is C22H19ClN4O3S. The van der Waals surface area contributed by atoms with Crippen molar-refractivity contribution in [3.8, 4) is 16.3 Å². The quantitative estimate of drug-likeness (QED) is 0.479. The minimum absolute atomic E-state index is 0.111. The number of ether oxygens (including phenoxy) is 1. The zero-order valence-corrected chi connectivity index (χ0v) is 18.5. The molecule has 0 aliphatic rings. The number of halogens is 1. The summed E-state index contributed by atoms with van der Waals surface area (Å²) in [5.41, 5.74) is 2.94. The molecule has 2 aromatic heterocycles. The maximum Gasteiger partial charge on any atom is 0.275 e. The Balaban J connectivity index is 1.45. The molecule has 0 bridgehead atoms. The lowest BCUT2D eigenvalue weighted by atomic mass is 10.1. The summed E-state index contributed by atoms with van der Waals surface area (Å²) in [7, 11) is 0. The van der Waals surface area contributed by atoms with Crippen LogP contribution < -0.4 is 15.6 Å². The smallest absolute Gasteiger partial charge is 0.275 e. The third-order valence-corrected chi connectivity index (χ3v) is 6.05. The molecule has 1 N–H and O–H groups in total. The predicted octanol–water partition coefficient (Wildman–Crippen LogP) is 3.78. The van der Waals surface area contributed by atoms with Crippen LogP contribution in [0.5, 0.6) is 5.75 Å². The second-order valence-corrected chi connectivity index (χ2v) is 8.29. The molecule has 0 atom stereocenters. The monoisotopic (exact) mass is 454 g/mol. The summed E-state index contributed by atoms with van der Waals surface area (Å²) >= 11 is 7.49. The van der Waals surface area contributed by atoms with E-state index in [1.54, 1.807) is 6.07 Å². The highest BCUT2D eigenvalue weighted by atomic mass is 35.5. The normalized spacial score (nSPS) is 10.9. The molecule has 4 aromatic rings. The van der Waals surface area contributed by atoms with Crippen LogP contribution in [0.25, 0.3) is 15.5 Å². The van der Waals surface area contributed by atoms with Gasteiger partial charge in [0.15, 0.2) is 6.61 Å². The number of rotatable bonds is 6. The number of amides is 1. The first-order chi connectivity index (χ1) is 14.9. The van der Waals surface area contributed by atoms with Crippen molar-refractivity contribution in [3.63, 3.8) is 0 Å². The maximum atomic E-state index is 12.5. The Kier molecular flexibility index (Phi) is 6.01. The Hall–Kier alpha value is -3.23. The maximum absolute atomic E-state index is 12.5. The molecule has 158 valence electrons. The molecule has 9 heteroatoms. The molecule has 0 aliphatic heterocycles. The van der Waals surface area contributed by atoms with E-state index < -0.39 is 0 Å². The third kappa shape index (κ3) is 4.60. The Morgan fingerprint density at radius 2 is 2.00 bits per heavy atom. The molecule has 4 rings (SSSR count). The van der Waals surface area contributed by atoms with Gasteiger partial charge in [-0.15, -0.1) is 0 Å². The first-order valence-corrected chi connectivity index (χ1v) is 10.7. The molecule has 0 unspecified atom stereocenters. The first-order valence-electron chi connectivity index (χ1n) is 9.53. The van der Waals surface area contributed by atoms with Crippen LogP contribution in [0.2, 0.25) is 5.02 Å². The molecule has 0 aliphatic carbocycles. The number of carbonyl (C=O) groups excluding carboxylic acids is 1. The van der Waals surface area contributed by atoms with Gasteiger partial charge in [-0.1, -0.05) is 53.3 Å². The largest absolute Gasteiger partial charge is 0.483 e. The summed E-state index contributed by atoms with van der Waals surface area (Å²) in [6, 6.07) is 14.3. The van der Waals surface area contributed by atoms with E-state index in [0.717, 1.165) is 16.7 Å². The van der Waals surface area contributed by atoms with Crippen LogP contribution in [0.4, 0.5) is 0 Å². The van der Waals surface area contributed by atoms with Crippen molar-refractivity contribution in [3.05, 3.63) is 80.7 Å². The molecule has 0 spiro atoms. The number of carbonyl (C=O) groups is 1. The van der Waals surface area contributed by atoms with E-state index in [2.05, 4.69) is 15.4 Å². The number of aromatic nitrogens is 3. The SMILES string of the molecule is Cc1cccc(OCC(=O)NCc2cc(=O)n3nc(-c4ccccc4Cl)sc3n2)c1C. The Morgan fingerprint density at radius 1 is 1.19 bits per heavy atom. The van der Waals surface area contributed by atoms with Gasteiger partial charge in [-0.05, 0) is 37.1 Å². The van der Waals surface area contributed by atoms with Gasteiger partial charge in [0.1, 0.15) is 10.8 Å². The fourth-order valence-corrected chi connectivity index (χ4v) is 4.20. The van der Waals surface area contributed by atoms with Crippen LogP contribution in [-0.4, -0.2) is 27.1 Å². The average Bonchev–Trinajstić information content (AvgIpc) is 3.18. The van der Waals surface area contributed by atoms with Gasteiger partial charge in [0.2, 0.25) is 4.96 Å². The topological polar surface area (TPSA) is 85.6 Å². The predicted molar refractivity (Wildman–Crippen MR) is 121 cm³/mol. The molecular weight excluding hydrogens is 436 g/mol. The molecule has 2 aromatic carbocycles. The van der Waals surface area contributed by atoms with Crippen LogP contribution >= 0.6 is 22.9 Å². The van der Waals surface area contributed by atoms with Crippen molar-refractivity contribution in [1.82, 2.24) is 19.9 Å². The van der Waals surface area contributed by atoms with E-state index in [9.17, 15) is 9.59 Å². The lowest BCUT2D eigenvalue weighted by molar-refractivity contribution is -0.123. The van der Waals surface area contributed by atoms with Crippen molar-refractivity contribution in [1.29, 1.82) is 0 Å². The van der Waals surface area contributed by atoms with Crippen molar-refractivity contribution in [2.45, 2.75) is 20.4 Å². The number of benzene rings is 2. The second-order valence-electron chi connectivity index (χ2n) is 6.93. The van der Waals surface area contributed by atoms with Crippen molar-refractivity contribution in [2.75, 3.05) is 6.61 Å².